The number of hydrogen-bond donors (Lipinski definition) is 1. The number of nitrogens with zero attached hydrogens (tertiary/aromatic N) is 2. The third-order valence-electron chi connectivity index (χ3n) is 1.79. The maximum Gasteiger partial charge on any atom is 0.142 e. The van der Waals surface area contributed by atoms with E-state index in [9.17, 15) is 0 Å². The van der Waals surface area contributed by atoms with Crippen LogP contribution in [0.4, 0.5) is 0 Å². The fraction of sp³-hybridized carbons (Fsp3) is 0.556. The van der Waals surface area contributed by atoms with Gasteiger partial charge in [0.15, 0.2) is 0 Å². The minimum Gasteiger partial charge on any atom is -0.324 e. The number of nitrogens with two attached hydrogens (primary N) is 1. The van der Waals surface area contributed by atoms with Crippen molar-refractivity contribution < 1.29 is 0 Å². The van der Waals surface area contributed by atoms with Crippen LogP contribution in [0.3, 0.4) is 0 Å². The van der Waals surface area contributed by atoms with Crippen LogP contribution in [0.5, 0.6) is 0 Å². The van der Waals surface area contributed by atoms with Crippen LogP contribution in [-0.4, -0.2) is 9.97 Å². The molecule has 0 aliphatic heterocycles. The zero-order valence-electron chi connectivity index (χ0n) is 7.67. The molecular weight excluding hydrogens is 150 g/mol. The van der Waals surface area contributed by atoms with Gasteiger partial charge >= 0.3 is 0 Å². The summed E-state index contributed by atoms with van der Waals surface area (Å²) in [5.74, 6) is 0.756. The molecule has 0 fully saturated rings. The number of aromatic nitrogens is 2. The van der Waals surface area contributed by atoms with E-state index in [0.717, 1.165) is 30.1 Å². The monoisotopic (exact) mass is 165 g/mol. The van der Waals surface area contributed by atoms with E-state index in [1.54, 1.807) is 0 Å². The first-order valence-corrected chi connectivity index (χ1v) is 4.35. The molecule has 3 heteroatoms. The second kappa shape index (κ2) is 4.16. The zero-order chi connectivity index (χ0) is 8.97. The van der Waals surface area contributed by atoms with Crippen LogP contribution in [-0.2, 0) is 19.4 Å². The van der Waals surface area contributed by atoms with Gasteiger partial charge in [0, 0.05) is 11.4 Å². The van der Waals surface area contributed by atoms with E-state index in [4.69, 9.17) is 5.73 Å². The third-order valence-corrected chi connectivity index (χ3v) is 1.79. The lowest BCUT2D eigenvalue weighted by atomic mass is 10.2. The lowest BCUT2D eigenvalue weighted by molar-refractivity contribution is 0.833. The van der Waals surface area contributed by atoms with E-state index in [1.807, 2.05) is 6.07 Å². The Labute approximate surface area is 73.0 Å². The summed E-state index contributed by atoms with van der Waals surface area (Å²) in [5.41, 5.74) is 7.64. The molecule has 1 heterocycles. The van der Waals surface area contributed by atoms with Gasteiger partial charge in [0.05, 0.1) is 6.54 Å². The van der Waals surface area contributed by atoms with Crippen LogP contribution >= 0.6 is 0 Å². The van der Waals surface area contributed by atoms with Crippen LogP contribution in [0, 0.1) is 0 Å². The fourth-order valence-electron chi connectivity index (χ4n) is 1.07. The van der Waals surface area contributed by atoms with Crippen molar-refractivity contribution in [2.45, 2.75) is 33.2 Å². The molecule has 1 rings (SSSR count). The molecule has 0 unspecified atom stereocenters. The first-order chi connectivity index (χ1) is 5.80. The van der Waals surface area contributed by atoms with Crippen molar-refractivity contribution in [1.82, 2.24) is 9.97 Å². The summed E-state index contributed by atoms with van der Waals surface area (Å²) >= 11 is 0. The maximum atomic E-state index is 5.47. The molecule has 1 aromatic heterocycles. The molecule has 1 aromatic rings. The van der Waals surface area contributed by atoms with Crippen molar-refractivity contribution >= 4 is 0 Å². The van der Waals surface area contributed by atoms with Gasteiger partial charge in [0.2, 0.25) is 0 Å². The van der Waals surface area contributed by atoms with Crippen molar-refractivity contribution in [3.05, 3.63) is 23.3 Å². The summed E-state index contributed by atoms with van der Waals surface area (Å²) in [4.78, 5) is 8.56. The molecule has 0 aliphatic rings. The second-order valence-corrected chi connectivity index (χ2v) is 2.68. The van der Waals surface area contributed by atoms with Crippen molar-refractivity contribution in [1.29, 1.82) is 0 Å². The maximum absolute atomic E-state index is 5.47. The van der Waals surface area contributed by atoms with Crippen LogP contribution in [0.15, 0.2) is 6.07 Å². The van der Waals surface area contributed by atoms with Crippen molar-refractivity contribution in [3.8, 4) is 0 Å². The van der Waals surface area contributed by atoms with E-state index < -0.39 is 0 Å². The summed E-state index contributed by atoms with van der Waals surface area (Å²) in [6.45, 7) is 4.60. The molecule has 0 saturated heterocycles. The molecule has 2 N–H and O–H groups in total. The van der Waals surface area contributed by atoms with Gasteiger partial charge in [-0.2, -0.15) is 0 Å². The summed E-state index contributed by atoms with van der Waals surface area (Å²) in [7, 11) is 0. The van der Waals surface area contributed by atoms with Crippen LogP contribution in [0.25, 0.3) is 0 Å². The highest BCUT2D eigenvalue weighted by molar-refractivity contribution is 5.11. The zero-order valence-corrected chi connectivity index (χ0v) is 7.67. The predicted molar refractivity (Wildman–Crippen MR) is 48.7 cm³/mol. The predicted octanol–water partition coefficient (Wildman–Crippen LogP) is 1.06. The quantitative estimate of drug-likeness (QED) is 0.728. The minimum absolute atomic E-state index is 0.431. The molecule has 12 heavy (non-hydrogen) atoms. The summed E-state index contributed by atoms with van der Waals surface area (Å²) in [5, 5.41) is 0. The molecule has 66 valence electrons. The highest BCUT2D eigenvalue weighted by Gasteiger charge is 1.99. The number of rotatable bonds is 3. The first kappa shape index (κ1) is 9.13. The van der Waals surface area contributed by atoms with Crippen molar-refractivity contribution in [3.63, 3.8) is 0 Å². The van der Waals surface area contributed by atoms with E-state index in [-0.39, 0.29) is 0 Å². The molecule has 0 saturated carbocycles. The van der Waals surface area contributed by atoms with E-state index in [0.29, 0.717) is 6.54 Å². The van der Waals surface area contributed by atoms with Gasteiger partial charge in [-0.3, -0.25) is 0 Å². The molecule has 0 aromatic carbocycles. The van der Waals surface area contributed by atoms with E-state index in [1.165, 1.54) is 0 Å². The Balaban J connectivity index is 3.01. The molecule has 0 radical (unpaired) electrons. The van der Waals surface area contributed by atoms with Gasteiger partial charge in [-0.1, -0.05) is 13.8 Å². The first-order valence-electron chi connectivity index (χ1n) is 4.35. The molecule has 0 bridgehead atoms. The Morgan fingerprint density at radius 2 is 1.67 bits per heavy atom. The van der Waals surface area contributed by atoms with E-state index in [2.05, 4.69) is 23.8 Å². The van der Waals surface area contributed by atoms with Crippen molar-refractivity contribution in [2.24, 2.45) is 5.73 Å². The smallest absolute Gasteiger partial charge is 0.142 e. The van der Waals surface area contributed by atoms with Gasteiger partial charge in [-0.25, -0.2) is 9.97 Å². The van der Waals surface area contributed by atoms with Crippen molar-refractivity contribution in [2.75, 3.05) is 0 Å². The highest BCUT2D eigenvalue weighted by Crippen LogP contribution is 2.02. The number of aryl methyl sites for hydroxylation is 2. The fourth-order valence-corrected chi connectivity index (χ4v) is 1.07. The van der Waals surface area contributed by atoms with Gasteiger partial charge in [-0.05, 0) is 18.9 Å². The van der Waals surface area contributed by atoms with Crippen LogP contribution in [0.1, 0.15) is 31.1 Å². The van der Waals surface area contributed by atoms with Gasteiger partial charge in [0.25, 0.3) is 0 Å². The van der Waals surface area contributed by atoms with Gasteiger partial charge in [0.1, 0.15) is 5.82 Å². The Morgan fingerprint density at radius 3 is 2.00 bits per heavy atom. The lowest BCUT2D eigenvalue weighted by Gasteiger charge is -2.02. The van der Waals surface area contributed by atoms with Gasteiger partial charge < -0.3 is 5.73 Å². The summed E-state index contributed by atoms with van der Waals surface area (Å²) in [6.07, 6.45) is 1.89. The topological polar surface area (TPSA) is 51.8 Å². The minimum atomic E-state index is 0.431. The normalized spacial score (nSPS) is 10.2. The van der Waals surface area contributed by atoms with Gasteiger partial charge in [-0.15, -0.1) is 0 Å². The SMILES string of the molecule is CCc1cc(CC)nc(CN)n1. The Hall–Kier alpha value is -0.960. The largest absolute Gasteiger partial charge is 0.324 e. The molecule has 0 spiro atoms. The number of hydrogen-bond acceptors (Lipinski definition) is 3. The molecule has 0 amide bonds. The summed E-state index contributed by atoms with van der Waals surface area (Å²) in [6, 6.07) is 2.04. The molecule has 3 nitrogen and oxygen atoms in total. The molecule has 0 aliphatic carbocycles. The van der Waals surface area contributed by atoms with Crippen LogP contribution in [0.2, 0.25) is 0 Å². The van der Waals surface area contributed by atoms with E-state index >= 15 is 0 Å². The molecular formula is C9H15N3. The standard InChI is InChI=1S/C9H15N3/c1-3-7-5-8(4-2)12-9(6-10)11-7/h5H,3-4,6,10H2,1-2H3. The Bertz CT molecular complexity index is 203. The average molecular weight is 165 g/mol. The Kier molecular flexibility index (Phi) is 3.17. The lowest BCUT2D eigenvalue weighted by Crippen LogP contribution is -2.07. The second-order valence-electron chi connectivity index (χ2n) is 2.68. The highest BCUT2D eigenvalue weighted by atomic mass is 14.9. The third kappa shape index (κ3) is 2.01. The summed E-state index contributed by atoms with van der Waals surface area (Å²) < 4.78 is 0. The average Bonchev–Trinajstić information content (AvgIpc) is 2.16. The Morgan fingerprint density at radius 1 is 1.17 bits per heavy atom. The van der Waals surface area contributed by atoms with Crippen LogP contribution < -0.4 is 5.73 Å². The molecule has 0 atom stereocenters.